The van der Waals surface area contributed by atoms with Gasteiger partial charge in [-0.25, -0.2) is 4.39 Å². The van der Waals surface area contributed by atoms with E-state index < -0.39 is 0 Å². The van der Waals surface area contributed by atoms with E-state index in [1.807, 2.05) is 19.9 Å². The molecule has 0 bridgehead atoms. The number of amides is 1. The minimum atomic E-state index is -0.332. The molecule has 0 heterocycles. The fourth-order valence-electron chi connectivity index (χ4n) is 2.25. The summed E-state index contributed by atoms with van der Waals surface area (Å²) in [6.45, 7) is 5.62. The lowest BCUT2D eigenvalue weighted by Gasteiger charge is -2.13. The van der Waals surface area contributed by atoms with Crippen LogP contribution in [0.4, 0.5) is 10.1 Å². The van der Waals surface area contributed by atoms with E-state index in [0.29, 0.717) is 22.7 Å². The molecular weight excluding hydrogens is 321 g/mol. The molecule has 0 spiro atoms. The zero-order chi connectivity index (χ0) is 18.4. The predicted octanol–water partition coefficient (Wildman–Crippen LogP) is 4.58. The van der Waals surface area contributed by atoms with E-state index >= 15 is 0 Å². The van der Waals surface area contributed by atoms with Gasteiger partial charge in [-0.05, 0) is 68.3 Å². The summed E-state index contributed by atoms with van der Waals surface area (Å²) < 4.78 is 24.1. The highest BCUT2D eigenvalue weighted by Crippen LogP contribution is 2.29. The number of carbonyl (C=O) groups is 1. The van der Waals surface area contributed by atoms with Crippen LogP contribution >= 0.6 is 0 Å². The normalized spacial score (nSPS) is 11.0. The Labute approximate surface area is 147 Å². The monoisotopic (exact) mass is 343 g/mol. The van der Waals surface area contributed by atoms with Gasteiger partial charge >= 0.3 is 0 Å². The third-order valence-corrected chi connectivity index (χ3v) is 3.42. The molecule has 0 fully saturated rings. The third-order valence-electron chi connectivity index (χ3n) is 3.42. The Balaban J connectivity index is 2.08. The first-order chi connectivity index (χ1) is 11.9. The largest absolute Gasteiger partial charge is 0.493 e. The number of benzene rings is 2. The number of halogens is 1. The first-order valence-electron chi connectivity index (χ1n) is 7.99. The molecule has 0 aromatic heterocycles. The van der Waals surface area contributed by atoms with E-state index in [4.69, 9.17) is 9.47 Å². The Morgan fingerprint density at radius 2 is 1.92 bits per heavy atom. The van der Waals surface area contributed by atoms with Gasteiger partial charge in [0.1, 0.15) is 5.82 Å². The van der Waals surface area contributed by atoms with Gasteiger partial charge in [0.2, 0.25) is 5.91 Å². The second-order valence-electron chi connectivity index (χ2n) is 5.86. The highest BCUT2D eigenvalue weighted by atomic mass is 19.1. The molecule has 2 rings (SSSR count). The van der Waals surface area contributed by atoms with Crippen LogP contribution in [0.5, 0.6) is 11.5 Å². The van der Waals surface area contributed by atoms with Crippen molar-refractivity contribution in [3.05, 3.63) is 59.4 Å². The van der Waals surface area contributed by atoms with Gasteiger partial charge in [0.25, 0.3) is 0 Å². The molecule has 25 heavy (non-hydrogen) atoms. The quantitative estimate of drug-likeness (QED) is 0.781. The fraction of sp³-hybridized carbons (Fsp3) is 0.250. The summed E-state index contributed by atoms with van der Waals surface area (Å²) in [7, 11) is 1.57. The van der Waals surface area contributed by atoms with Crippen molar-refractivity contribution in [1.82, 2.24) is 0 Å². The van der Waals surface area contributed by atoms with Crippen molar-refractivity contribution in [3.63, 3.8) is 0 Å². The van der Waals surface area contributed by atoms with Crippen LogP contribution in [0.25, 0.3) is 6.08 Å². The van der Waals surface area contributed by atoms with Gasteiger partial charge in [0, 0.05) is 11.8 Å². The van der Waals surface area contributed by atoms with E-state index in [2.05, 4.69) is 5.32 Å². The van der Waals surface area contributed by atoms with Gasteiger partial charge in [-0.2, -0.15) is 0 Å². The van der Waals surface area contributed by atoms with Gasteiger partial charge in [0.15, 0.2) is 11.5 Å². The van der Waals surface area contributed by atoms with Crippen LogP contribution in [-0.4, -0.2) is 19.1 Å². The molecule has 0 aliphatic carbocycles. The van der Waals surface area contributed by atoms with Crippen molar-refractivity contribution in [3.8, 4) is 11.5 Å². The van der Waals surface area contributed by atoms with Crippen LogP contribution in [0.2, 0.25) is 0 Å². The lowest BCUT2D eigenvalue weighted by molar-refractivity contribution is -0.111. The molecule has 0 aliphatic rings. The first-order valence-corrected chi connectivity index (χ1v) is 7.99. The average molecular weight is 343 g/mol. The summed E-state index contributed by atoms with van der Waals surface area (Å²) in [6, 6.07) is 9.66. The van der Waals surface area contributed by atoms with Crippen molar-refractivity contribution in [2.45, 2.75) is 26.9 Å². The molecule has 1 N–H and O–H groups in total. The van der Waals surface area contributed by atoms with Crippen molar-refractivity contribution in [2.24, 2.45) is 0 Å². The molecular formula is C20H22FNO3. The van der Waals surface area contributed by atoms with Gasteiger partial charge in [-0.1, -0.05) is 6.07 Å². The first kappa shape index (κ1) is 18.5. The summed E-state index contributed by atoms with van der Waals surface area (Å²) in [4.78, 5) is 12.0. The summed E-state index contributed by atoms with van der Waals surface area (Å²) in [5.74, 6) is 0.629. The molecule has 4 nitrogen and oxygen atoms in total. The minimum Gasteiger partial charge on any atom is -0.493 e. The van der Waals surface area contributed by atoms with Crippen LogP contribution < -0.4 is 14.8 Å². The maximum absolute atomic E-state index is 13.1. The Hall–Kier alpha value is -2.82. The number of aryl methyl sites for hydroxylation is 1. The molecule has 0 saturated carbocycles. The molecule has 2 aromatic carbocycles. The van der Waals surface area contributed by atoms with Crippen LogP contribution in [0, 0.1) is 12.7 Å². The van der Waals surface area contributed by atoms with E-state index in [-0.39, 0.29) is 17.8 Å². The van der Waals surface area contributed by atoms with E-state index in [0.717, 1.165) is 5.56 Å². The second-order valence-corrected chi connectivity index (χ2v) is 5.86. The SMILES string of the molecule is COc1cc(C=CC(=O)Nc2ccc(F)cc2C)ccc1OC(C)C. The summed E-state index contributed by atoms with van der Waals surface area (Å²) in [5.41, 5.74) is 2.05. The Bertz CT molecular complexity index is 785. The number of anilines is 1. The molecule has 5 heteroatoms. The number of hydrogen-bond donors (Lipinski definition) is 1. The lowest BCUT2D eigenvalue weighted by Crippen LogP contribution is -2.09. The van der Waals surface area contributed by atoms with Gasteiger partial charge in [-0.3, -0.25) is 4.79 Å². The summed E-state index contributed by atoms with van der Waals surface area (Å²) >= 11 is 0. The molecule has 1 amide bonds. The number of nitrogens with one attached hydrogen (secondary N) is 1. The number of methoxy groups -OCH3 is 1. The maximum atomic E-state index is 13.1. The number of hydrogen-bond acceptors (Lipinski definition) is 3. The number of rotatable bonds is 6. The molecule has 0 saturated heterocycles. The highest BCUT2D eigenvalue weighted by Gasteiger charge is 2.07. The minimum absolute atomic E-state index is 0.0417. The smallest absolute Gasteiger partial charge is 0.248 e. The fourth-order valence-corrected chi connectivity index (χ4v) is 2.25. The van der Waals surface area contributed by atoms with Gasteiger partial charge < -0.3 is 14.8 Å². The third kappa shape index (κ3) is 5.35. The second kappa shape index (κ2) is 8.33. The van der Waals surface area contributed by atoms with E-state index in [9.17, 15) is 9.18 Å². The van der Waals surface area contributed by atoms with Crippen molar-refractivity contribution < 1.29 is 18.7 Å². The van der Waals surface area contributed by atoms with Crippen LogP contribution in [-0.2, 0) is 4.79 Å². The Morgan fingerprint density at radius 3 is 2.56 bits per heavy atom. The maximum Gasteiger partial charge on any atom is 0.248 e. The topological polar surface area (TPSA) is 47.6 Å². The van der Waals surface area contributed by atoms with Crippen molar-refractivity contribution in [1.29, 1.82) is 0 Å². The molecule has 0 radical (unpaired) electrons. The zero-order valence-electron chi connectivity index (χ0n) is 14.8. The van der Waals surface area contributed by atoms with Gasteiger partial charge in [-0.15, -0.1) is 0 Å². The van der Waals surface area contributed by atoms with Crippen molar-refractivity contribution in [2.75, 3.05) is 12.4 Å². The number of carbonyl (C=O) groups excluding carboxylic acids is 1. The van der Waals surface area contributed by atoms with Crippen molar-refractivity contribution >= 4 is 17.7 Å². The standard InChI is InChI=1S/C20H22FNO3/c1-13(2)25-18-9-5-15(12-19(18)24-4)6-10-20(23)22-17-8-7-16(21)11-14(17)3/h5-13H,1-4H3,(H,22,23). The average Bonchev–Trinajstić information content (AvgIpc) is 2.56. The highest BCUT2D eigenvalue weighted by molar-refractivity contribution is 6.02. The lowest BCUT2D eigenvalue weighted by atomic mass is 10.1. The number of ether oxygens (including phenoxy) is 2. The van der Waals surface area contributed by atoms with Gasteiger partial charge in [0.05, 0.1) is 13.2 Å². The van der Waals surface area contributed by atoms with Crippen LogP contribution in [0.3, 0.4) is 0 Å². The molecule has 0 aliphatic heterocycles. The Kier molecular flexibility index (Phi) is 6.17. The molecule has 132 valence electrons. The molecule has 0 unspecified atom stereocenters. The summed E-state index contributed by atoms with van der Waals surface area (Å²) in [6.07, 6.45) is 3.14. The van der Waals surface area contributed by atoms with E-state index in [1.54, 1.807) is 32.2 Å². The molecule has 0 atom stereocenters. The van der Waals surface area contributed by atoms with E-state index in [1.165, 1.54) is 24.3 Å². The Morgan fingerprint density at radius 1 is 1.16 bits per heavy atom. The zero-order valence-corrected chi connectivity index (χ0v) is 14.8. The predicted molar refractivity (Wildman–Crippen MR) is 97.6 cm³/mol. The van der Waals surface area contributed by atoms with Crippen LogP contribution in [0.15, 0.2) is 42.5 Å². The molecule has 2 aromatic rings. The summed E-state index contributed by atoms with van der Waals surface area (Å²) in [5, 5.41) is 2.73. The van der Waals surface area contributed by atoms with Crippen LogP contribution in [0.1, 0.15) is 25.0 Å².